The van der Waals surface area contributed by atoms with E-state index >= 15 is 0 Å². The lowest BCUT2D eigenvalue weighted by atomic mass is 9.72. The van der Waals surface area contributed by atoms with Crippen molar-refractivity contribution in [1.82, 2.24) is 10.3 Å². The van der Waals surface area contributed by atoms with E-state index in [9.17, 15) is 4.79 Å². The number of hydrogen-bond acceptors (Lipinski definition) is 4. The predicted octanol–water partition coefficient (Wildman–Crippen LogP) is 1.91. The number of aromatic nitrogens is 1. The maximum atomic E-state index is 11.7. The minimum Gasteiger partial charge on any atom is -0.481 e. The summed E-state index contributed by atoms with van der Waals surface area (Å²) in [4.78, 5) is 16.0. The molecule has 4 nitrogen and oxygen atoms in total. The fourth-order valence-corrected chi connectivity index (χ4v) is 2.43. The van der Waals surface area contributed by atoms with Crippen molar-refractivity contribution in [3.8, 4) is 5.88 Å². The highest BCUT2D eigenvalue weighted by atomic mass is 32.1. The Bertz CT molecular complexity index is 416. The minimum absolute atomic E-state index is 0.0560. The maximum Gasteiger partial charge on any atom is 0.221 e. The second kappa shape index (κ2) is 5.61. The van der Waals surface area contributed by atoms with E-state index in [1.165, 1.54) is 0 Å². The number of pyridine rings is 1. The number of rotatable bonds is 5. The van der Waals surface area contributed by atoms with Crippen LogP contribution >= 0.6 is 12.6 Å². The molecule has 2 rings (SSSR count). The smallest absolute Gasteiger partial charge is 0.221 e. The van der Waals surface area contributed by atoms with Crippen LogP contribution in [-0.2, 0) is 10.3 Å². The van der Waals surface area contributed by atoms with Gasteiger partial charge in [-0.15, -0.1) is 0 Å². The Kier molecular flexibility index (Phi) is 4.11. The van der Waals surface area contributed by atoms with E-state index in [0.29, 0.717) is 18.1 Å². The van der Waals surface area contributed by atoms with E-state index in [1.807, 2.05) is 12.1 Å². The van der Waals surface area contributed by atoms with Gasteiger partial charge in [-0.05, 0) is 36.6 Å². The van der Waals surface area contributed by atoms with Gasteiger partial charge in [0, 0.05) is 18.7 Å². The number of thiol groups is 1. The predicted molar refractivity (Wildman–Crippen MR) is 72.9 cm³/mol. The summed E-state index contributed by atoms with van der Waals surface area (Å²) in [6.07, 6.45) is 5.32. The number of amides is 1. The van der Waals surface area contributed by atoms with Crippen LogP contribution in [0.4, 0.5) is 0 Å². The lowest BCUT2D eigenvalue weighted by Crippen LogP contribution is -2.50. The summed E-state index contributed by atoms with van der Waals surface area (Å²) in [6.45, 7) is 0. The Hall–Kier alpha value is -1.23. The van der Waals surface area contributed by atoms with Gasteiger partial charge in [-0.25, -0.2) is 4.98 Å². The molecule has 0 radical (unpaired) electrons. The van der Waals surface area contributed by atoms with E-state index in [-0.39, 0.29) is 11.4 Å². The average molecular weight is 266 g/mol. The highest BCUT2D eigenvalue weighted by Crippen LogP contribution is 2.41. The molecule has 0 spiro atoms. The molecule has 18 heavy (non-hydrogen) atoms. The zero-order chi connectivity index (χ0) is 13.0. The number of methoxy groups -OCH3 is 1. The van der Waals surface area contributed by atoms with Crippen molar-refractivity contribution in [1.29, 1.82) is 0 Å². The molecule has 1 aromatic rings. The van der Waals surface area contributed by atoms with Gasteiger partial charge in [0.2, 0.25) is 11.8 Å². The first-order valence-electron chi connectivity index (χ1n) is 6.12. The molecule has 0 unspecified atom stereocenters. The number of ether oxygens (including phenoxy) is 1. The summed E-state index contributed by atoms with van der Waals surface area (Å²) in [5.74, 6) is 1.22. The Morgan fingerprint density at radius 2 is 2.33 bits per heavy atom. The molecule has 1 aromatic heterocycles. The van der Waals surface area contributed by atoms with Gasteiger partial charge in [0.1, 0.15) is 0 Å². The van der Waals surface area contributed by atoms with E-state index < -0.39 is 0 Å². The van der Waals surface area contributed by atoms with Crippen LogP contribution in [0, 0.1) is 0 Å². The second-order valence-corrected chi connectivity index (χ2v) is 4.99. The number of carbonyl (C=O) groups is 1. The summed E-state index contributed by atoms with van der Waals surface area (Å²) >= 11 is 4.08. The molecule has 1 saturated carbocycles. The van der Waals surface area contributed by atoms with Gasteiger partial charge in [0.25, 0.3) is 0 Å². The first-order valence-corrected chi connectivity index (χ1v) is 6.76. The van der Waals surface area contributed by atoms with Crippen molar-refractivity contribution in [2.45, 2.75) is 31.2 Å². The Morgan fingerprint density at radius 3 is 2.78 bits per heavy atom. The molecule has 1 amide bonds. The molecule has 0 saturated heterocycles. The monoisotopic (exact) mass is 266 g/mol. The minimum atomic E-state index is -0.223. The molecule has 0 aromatic carbocycles. The number of nitrogens with one attached hydrogen (secondary N) is 1. The van der Waals surface area contributed by atoms with Crippen molar-refractivity contribution >= 4 is 18.5 Å². The van der Waals surface area contributed by atoms with Crippen LogP contribution < -0.4 is 10.1 Å². The van der Waals surface area contributed by atoms with Crippen LogP contribution in [0.1, 0.15) is 31.2 Å². The van der Waals surface area contributed by atoms with E-state index in [1.54, 1.807) is 13.3 Å². The van der Waals surface area contributed by atoms with Crippen LogP contribution in [0.2, 0.25) is 0 Å². The topological polar surface area (TPSA) is 51.2 Å². The van der Waals surface area contributed by atoms with Gasteiger partial charge in [-0.2, -0.15) is 12.6 Å². The van der Waals surface area contributed by atoms with E-state index in [4.69, 9.17) is 4.74 Å². The normalized spacial score (nSPS) is 16.8. The van der Waals surface area contributed by atoms with Crippen LogP contribution in [0.3, 0.4) is 0 Å². The molecule has 1 aliphatic carbocycles. The van der Waals surface area contributed by atoms with Crippen molar-refractivity contribution in [2.24, 2.45) is 0 Å². The summed E-state index contributed by atoms with van der Waals surface area (Å²) < 4.78 is 5.04. The van der Waals surface area contributed by atoms with Crippen LogP contribution in [-0.4, -0.2) is 23.8 Å². The van der Waals surface area contributed by atoms with Gasteiger partial charge in [0.15, 0.2) is 0 Å². The Morgan fingerprint density at radius 1 is 1.56 bits per heavy atom. The van der Waals surface area contributed by atoms with Crippen LogP contribution in [0.15, 0.2) is 18.3 Å². The fourth-order valence-electron chi connectivity index (χ4n) is 2.23. The molecule has 1 aliphatic rings. The number of carbonyl (C=O) groups excluding carboxylic acids is 1. The van der Waals surface area contributed by atoms with E-state index in [2.05, 4.69) is 22.9 Å². The SMILES string of the molecule is COc1ccc(C2(NC(=O)CCS)CCC2)cn1. The highest BCUT2D eigenvalue weighted by molar-refractivity contribution is 7.80. The molecule has 5 heteroatoms. The molecular weight excluding hydrogens is 248 g/mol. The average Bonchev–Trinajstić information content (AvgIpc) is 2.34. The second-order valence-electron chi connectivity index (χ2n) is 4.55. The Labute approximate surface area is 113 Å². The third-order valence-corrected chi connectivity index (χ3v) is 3.65. The first kappa shape index (κ1) is 13.2. The first-order chi connectivity index (χ1) is 8.70. The summed E-state index contributed by atoms with van der Waals surface area (Å²) in [6, 6.07) is 3.81. The largest absolute Gasteiger partial charge is 0.481 e. The number of nitrogens with zero attached hydrogens (tertiary/aromatic N) is 1. The molecule has 0 atom stereocenters. The molecular formula is C13H18N2O2S. The van der Waals surface area contributed by atoms with Crippen molar-refractivity contribution in [3.05, 3.63) is 23.9 Å². The quantitative estimate of drug-likeness (QED) is 0.800. The van der Waals surface area contributed by atoms with Gasteiger partial charge < -0.3 is 10.1 Å². The number of hydrogen-bond donors (Lipinski definition) is 2. The van der Waals surface area contributed by atoms with Gasteiger partial charge >= 0.3 is 0 Å². The van der Waals surface area contributed by atoms with Crippen LogP contribution in [0.25, 0.3) is 0 Å². The molecule has 0 bridgehead atoms. The fraction of sp³-hybridized carbons (Fsp3) is 0.538. The van der Waals surface area contributed by atoms with Crippen LogP contribution in [0.5, 0.6) is 5.88 Å². The molecule has 98 valence electrons. The summed E-state index contributed by atoms with van der Waals surface area (Å²) in [7, 11) is 1.59. The van der Waals surface area contributed by atoms with Gasteiger partial charge in [0.05, 0.1) is 12.6 Å². The standard InChI is InChI=1S/C13H18N2O2S/c1-17-12-4-3-10(9-14-12)13(6-2-7-13)15-11(16)5-8-18/h3-4,9,18H,2,5-8H2,1H3,(H,15,16). The molecule has 1 fully saturated rings. The molecule has 1 N–H and O–H groups in total. The third kappa shape index (κ3) is 2.61. The summed E-state index contributed by atoms with van der Waals surface area (Å²) in [5.41, 5.74) is 0.835. The highest BCUT2D eigenvalue weighted by Gasteiger charge is 2.40. The molecule has 1 heterocycles. The van der Waals surface area contributed by atoms with E-state index in [0.717, 1.165) is 24.8 Å². The lowest BCUT2D eigenvalue weighted by Gasteiger charge is -2.42. The zero-order valence-electron chi connectivity index (χ0n) is 10.5. The lowest BCUT2D eigenvalue weighted by molar-refractivity contribution is -0.123. The zero-order valence-corrected chi connectivity index (χ0v) is 11.4. The maximum absolute atomic E-state index is 11.7. The summed E-state index contributed by atoms with van der Waals surface area (Å²) in [5, 5.41) is 3.12. The Balaban J connectivity index is 2.13. The molecule has 0 aliphatic heterocycles. The van der Waals surface area contributed by atoms with Crippen molar-refractivity contribution in [2.75, 3.05) is 12.9 Å². The van der Waals surface area contributed by atoms with Gasteiger partial charge in [-0.3, -0.25) is 4.79 Å². The van der Waals surface area contributed by atoms with Crippen molar-refractivity contribution in [3.63, 3.8) is 0 Å². The van der Waals surface area contributed by atoms with Crippen molar-refractivity contribution < 1.29 is 9.53 Å². The van der Waals surface area contributed by atoms with Gasteiger partial charge in [-0.1, -0.05) is 0 Å². The third-order valence-electron chi connectivity index (χ3n) is 3.42.